The van der Waals surface area contributed by atoms with Gasteiger partial charge in [-0.05, 0) is 25.6 Å². The summed E-state index contributed by atoms with van der Waals surface area (Å²) in [4.78, 5) is 17.4. The molecule has 0 N–H and O–H groups in total. The van der Waals surface area contributed by atoms with E-state index in [4.69, 9.17) is 4.74 Å². The minimum Gasteiger partial charge on any atom is -0.493 e. The number of unbranched alkanes of at least 4 members (excludes halogenated alkanes) is 13. The van der Waals surface area contributed by atoms with E-state index in [1.54, 1.807) is 0 Å². The maximum absolute atomic E-state index is 12.8. The summed E-state index contributed by atoms with van der Waals surface area (Å²) in [5.41, 5.74) is 0.738. The lowest BCUT2D eigenvalue weighted by Gasteiger charge is -2.31. The van der Waals surface area contributed by atoms with E-state index >= 15 is 0 Å². The molecule has 0 saturated carbocycles. The van der Waals surface area contributed by atoms with Crippen molar-refractivity contribution in [2.45, 2.75) is 96.8 Å². The molecule has 33 heavy (non-hydrogen) atoms. The second-order valence-corrected chi connectivity index (χ2v) is 9.94. The largest absolute Gasteiger partial charge is 0.493 e. The van der Waals surface area contributed by atoms with Crippen LogP contribution < -0.4 is 4.74 Å². The number of para-hydroxylation sites is 1. The standard InChI is InChI=1S/C29H50N2O2/c1-3-4-5-6-7-8-9-10-11-12-13-14-15-18-25-33-29-20-17-16-19-27(29)28(32)26-31-23-21-30(2)22-24-31/h16-17,19-20H,3-15,18,21-26H2,1-2H3. The van der Waals surface area contributed by atoms with E-state index in [0.717, 1.165) is 43.9 Å². The first-order valence-electron chi connectivity index (χ1n) is 13.9. The Kier molecular flexibility index (Phi) is 15.2. The van der Waals surface area contributed by atoms with Gasteiger partial charge in [-0.15, -0.1) is 0 Å². The fourth-order valence-electron chi connectivity index (χ4n) is 4.60. The number of benzene rings is 1. The SMILES string of the molecule is CCCCCCCCCCCCCCCCOc1ccccc1C(=O)CN1CCN(C)CC1. The van der Waals surface area contributed by atoms with Gasteiger partial charge in [0.1, 0.15) is 5.75 Å². The van der Waals surface area contributed by atoms with Gasteiger partial charge in [-0.25, -0.2) is 0 Å². The number of hydrogen-bond donors (Lipinski definition) is 0. The summed E-state index contributed by atoms with van der Waals surface area (Å²) in [5.74, 6) is 0.933. The van der Waals surface area contributed by atoms with Crippen LogP contribution in [0.2, 0.25) is 0 Å². The van der Waals surface area contributed by atoms with Crippen LogP contribution in [0.1, 0.15) is 107 Å². The molecule has 1 aliphatic rings. The number of rotatable bonds is 19. The molecule has 188 valence electrons. The monoisotopic (exact) mass is 458 g/mol. The summed E-state index contributed by atoms with van der Waals surface area (Å²) >= 11 is 0. The molecular weight excluding hydrogens is 408 g/mol. The predicted octanol–water partition coefficient (Wildman–Crippen LogP) is 6.98. The van der Waals surface area contributed by atoms with E-state index < -0.39 is 0 Å². The summed E-state index contributed by atoms with van der Waals surface area (Å²) in [6.45, 7) is 7.47. The number of carbonyl (C=O) groups is 1. The number of piperazine rings is 1. The number of Topliss-reactive ketones (excluding diaryl/α,β-unsaturated/α-hetero) is 1. The first-order chi connectivity index (χ1) is 16.2. The fraction of sp³-hybridized carbons (Fsp3) is 0.759. The molecule has 1 heterocycles. The van der Waals surface area contributed by atoms with E-state index in [2.05, 4.69) is 23.8 Å². The van der Waals surface area contributed by atoms with E-state index in [1.165, 1.54) is 83.5 Å². The topological polar surface area (TPSA) is 32.8 Å². The highest BCUT2D eigenvalue weighted by molar-refractivity contribution is 6.00. The van der Waals surface area contributed by atoms with Crippen LogP contribution in [0.4, 0.5) is 0 Å². The van der Waals surface area contributed by atoms with Gasteiger partial charge >= 0.3 is 0 Å². The molecule has 2 rings (SSSR count). The predicted molar refractivity (Wildman–Crippen MR) is 141 cm³/mol. The molecule has 1 aromatic rings. The van der Waals surface area contributed by atoms with E-state index in [0.29, 0.717) is 13.2 Å². The van der Waals surface area contributed by atoms with Crippen LogP contribution in [0, 0.1) is 0 Å². The Morgan fingerprint density at radius 3 is 1.85 bits per heavy atom. The summed E-state index contributed by atoms with van der Waals surface area (Å²) < 4.78 is 6.02. The van der Waals surface area contributed by atoms with Gasteiger partial charge in [-0.3, -0.25) is 9.69 Å². The van der Waals surface area contributed by atoms with Crippen molar-refractivity contribution in [1.82, 2.24) is 9.80 Å². The Morgan fingerprint density at radius 2 is 1.27 bits per heavy atom. The molecule has 1 saturated heterocycles. The van der Waals surface area contributed by atoms with Gasteiger partial charge in [-0.2, -0.15) is 0 Å². The van der Waals surface area contributed by atoms with Crippen LogP contribution in [0.15, 0.2) is 24.3 Å². The van der Waals surface area contributed by atoms with Gasteiger partial charge in [0.05, 0.1) is 18.7 Å². The molecule has 0 aliphatic carbocycles. The van der Waals surface area contributed by atoms with Crippen LogP contribution in [0.3, 0.4) is 0 Å². The minimum atomic E-state index is 0.177. The van der Waals surface area contributed by atoms with Crippen LogP contribution in [0.25, 0.3) is 0 Å². The van der Waals surface area contributed by atoms with Crippen LogP contribution in [0.5, 0.6) is 5.75 Å². The maximum atomic E-state index is 12.8. The summed E-state index contributed by atoms with van der Waals surface area (Å²) in [5, 5.41) is 0. The average molecular weight is 459 g/mol. The first-order valence-corrected chi connectivity index (χ1v) is 13.9. The van der Waals surface area contributed by atoms with Gasteiger partial charge in [0.25, 0.3) is 0 Å². The Labute approximate surface area is 204 Å². The van der Waals surface area contributed by atoms with Crippen molar-refractivity contribution in [3.63, 3.8) is 0 Å². The zero-order valence-corrected chi connectivity index (χ0v) is 21.7. The molecule has 1 fully saturated rings. The molecule has 0 atom stereocenters. The van der Waals surface area contributed by atoms with Crippen LogP contribution >= 0.6 is 0 Å². The smallest absolute Gasteiger partial charge is 0.180 e. The molecule has 4 heteroatoms. The first kappa shape index (κ1) is 27.9. The van der Waals surface area contributed by atoms with Gasteiger partial charge in [-0.1, -0.05) is 103 Å². The highest BCUT2D eigenvalue weighted by Gasteiger charge is 2.19. The Bertz CT molecular complexity index is 626. The second-order valence-electron chi connectivity index (χ2n) is 9.94. The van der Waals surface area contributed by atoms with Crippen LogP contribution in [-0.4, -0.2) is 62.0 Å². The highest BCUT2D eigenvalue weighted by Crippen LogP contribution is 2.20. The maximum Gasteiger partial charge on any atom is 0.180 e. The Balaban J connectivity index is 1.49. The lowest BCUT2D eigenvalue weighted by Crippen LogP contribution is -2.46. The number of carbonyl (C=O) groups excluding carboxylic acids is 1. The normalized spacial score (nSPS) is 15.1. The molecule has 1 aromatic carbocycles. The van der Waals surface area contributed by atoms with E-state index in [1.807, 2.05) is 24.3 Å². The van der Waals surface area contributed by atoms with E-state index in [9.17, 15) is 4.79 Å². The summed E-state index contributed by atoms with van der Waals surface area (Å²) in [6, 6.07) is 7.77. The number of hydrogen-bond acceptors (Lipinski definition) is 4. The minimum absolute atomic E-state index is 0.177. The van der Waals surface area contributed by atoms with Crippen molar-refractivity contribution in [2.75, 3.05) is 46.4 Å². The quantitative estimate of drug-likeness (QED) is 0.165. The van der Waals surface area contributed by atoms with Crippen molar-refractivity contribution < 1.29 is 9.53 Å². The number of ketones is 1. The fourth-order valence-corrected chi connectivity index (χ4v) is 4.60. The zero-order valence-electron chi connectivity index (χ0n) is 21.7. The van der Waals surface area contributed by atoms with Gasteiger partial charge < -0.3 is 9.64 Å². The number of likely N-dealkylation sites (N-methyl/N-ethyl adjacent to an activating group) is 1. The summed E-state index contributed by atoms with van der Waals surface area (Å²) in [7, 11) is 2.14. The third-order valence-electron chi connectivity index (χ3n) is 6.91. The highest BCUT2D eigenvalue weighted by atomic mass is 16.5. The lowest BCUT2D eigenvalue weighted by atomic mass is 10.0. The van der Waals surface area contributed by atoms with Crippen molar-refractivity contribution in [3.8, 4) is 5.75 Å². The molecule has 0 unspecified atom stereocenters. The van der Waals surface area contributed by atoms with Gasteiger partial charge in [0, 0.05) is 26.2 Å². The van der Waals surface area contributed by atoms with Crippen molar-refractivity contribution in [1.29, 1.82) is 0 Å². The molecule has 0 spiro atoms. The molecule has 4 nitrogen and oxygen atoms in total. The van der Waals surface area contributed by atoms with Crippen LogP contribution in [-0.2, 0) is 0 Å². The molecule has 0 radical (unpaired) electrons. The van der Waals surface area contributed by atoms with Crippen molar-refractivity contribution >= 4 is 5.78 Å². The Hall–Kier alpha value is -1.39. The molecule has 0 bridgehead atoms. The third-order valence-corrected chi connectivity index (χ3v) is 6.91. The average Bonchev–Trinajstić information content (AvgIpc) is 2.83. The zero-order chi connectivity index (χ0) is 23.6. The van der Waals surface area contributed by atoms with Crippen molar-refractivity contribution in [3.05, 3.63) is 29.8 Å². The lowest BCUT2D eigenvalue weighted by molar-refractivity contribution is 0.0872. The van der Waals surface area contributed by atoms with Gasteiger partial charge in [0.15, 0.2) is 5.78 Å². The molecular formula is C29H50N2O2. The molecule has 0 aromatic heterocycles. The molecule has 1 aliphatic heterocycles. The Morgan fingerprint density at radius 1 is 0.758 bits per heavy atom. The number of ether oxygens (including phenoxy) is 1. The molecule has 0 amide bonds. The van der Waals surface area contributed by atoms with E-state index in [-0.39, 0.29) is 5.78 Å². The van der Waals surface area contributed by atoms with Gasteiger partial charge in [0.2, 0.25) is 0 Å². The number of nitrogens with zero attached hydrogens (tertiary/aromatic N) is 2. The van der Waals surface area contributed by atoms with Crippen molar-refractivity contribution in [2.24, 2.45) is 0 Å². The summed E-state index contributed by atoms with van der Waals surface area (Å²) in [6.07, 6.45) is 19.0. The third kappa shape index (κ3) is 12.6. The second kappa shape index (κ2) is 18.0.